The summed E-state index contributed by atoms with van der Waals surface area (Å²) in [5.41, 5.74) is 1.35. The Kier molecular flexibility index (Phi) is 2.35. The predicted octanol–water partition coefficient (Wildman–Crippen LogP) is 2.21. The minimum absolute atomic E-state index is 0.0488. The Morgan fingerprint density at radius 2 is 1.95 bits per heavy atom. The first kappa shape index (κ1) is 11.0. The molecule has 3 atom stereocenters. The highest BCUT2D eigenvalue weighted by atomic mass is 16.6. The van der Waals surface area contributed by atoms with Crippen LogP contribution >= 0.6 is 0 Å². The van der Waals surface area contributed by atoms with Gasteiger partial charge in [-0.15, -0.1) is 0 Å². The number of epoxide rings is 1. The van der Waals surface area contributed by atoms with Crippen molar-refractivity contribution in [2.75, 3.05) is 6.61 Å². The zero-order valence-electron chi connectivity index (χ0n) is 10.5. The Morgan fingerprint density at radius 1 is 1.16 bits per heavy atom. The Balaban J connectivity index is 1.57. The van der Waals surface area contributed by atoms with Crippen molar-refractivity contribution in [2.24, 2.45) is 0 Å². The van der Waals surface area contributed by atoms with Gasteiger partial charge in [-0.2, -0.15) is 0 Å². The summed E-state index contributed by atoms with van der Waals surface area (Å²) >= 11 is 0. The highest BCUT2D eigenvalue weighted by Crippen LogP contribution is 2.43. The van der Waals surface area contributed by atoms with E-state index < -0.39 is 0 Å². The summed E-state index contributed by atoms with van der Waals surface area (Å²) in [6.45, 7) is 0.581. The number of hydrogen-bond acceptors (Lipinski definition) is 2. The van der Waals surface area contributed by atoms with Gasteiger partial charge in [0.05, 0.1) is 6.61 Å². The van der Waals surface area contributed by atoms with Crippen LogP contribution in [0.25, 0.3) is 10.8 Å². The first-order valence-corrected chi connectivity index (χ1v) is 6.72. The molecule has 0 radical (unpaired) electrons. The van der Waals surface area contributed by atoms with Crippen molar-refractivity contribution < 1.29 is 9.53 Å². The molecule has 2 fully saturated rings. The molecular formula is C16H15NO2. The number of nitrogens with one attached hydrogen (secondary N) is 1. The summed E-state index contributed by atoms with van der Waals surface area (Å²) in [4.78, 5) is 11.7. The van der Waals surface area contributed by atoms with E-state index in [1.165, 1.54) is 16.3 Å². The average Bonchev–Trinajstić information content (AvgIpc) is 3.32. The van der Waals surface area contributed by atoms with Gasteiger partial charge in [-0.05, 0) is 22.8 Å². The monoisotopic (exact) mass is 253 g/mol. The second kappa shape index (κ2) is 4.07. The predicted molar refractivity (Wildman–Crippen MR) is 73.0 cm³/mol. The van der Waals surface area contributed by atoms with Gasteiger partial charge < -0.3 is 10.1 Å². The Morgan fingerprint density at radius 3 is 2.79 bits per heavy atom. The van der Waals surface area contributed by atoms with E-state index in [1.54, 1.807) is 0 Å². The van der Waals surface area contributed by atoms with Crippen LogP contribution in [0.15, 0.2) is 42.5 Å². The van der Waals surface area contributed by atoms with Gasteiger partial charge >= 0.3 is 0 Å². The van der Waals surface area contributed by atoms with Crippen LogP contribution in [0.5, 0.6) is 0 Å². The first-order valence-electron chi connectivity index (χ1n) is 6.72. The molecule has 2 aromatic rings. The third kappa shape index (κ3) is 2.00. The lowest BCUT2D eigenvalue weighted by molar-refractivity contribution is -0.122. The van der Waals surface area contributed by atoms with Crippen molar-refractivity contribution in [1.29, 1.82) is 0 Å². The molecule has 3 nitrogen and oxygen atoms in total. The van der Waals surface area contributed by atoms with E-state index >= 15 is 0 Å². The van der Waals surface area contributed by atoms with E-state index in [1.807, 2.05) is 0 Å². The van der Waals surface area contributed by atoms with E-state index in [4.69, 9.17) is 4.74 Å². The Bertz CT molecular complexity index is 643. The van der Waals surface area contributed by atoms with Gasteiger partial charge in [0.25, 0.3) is 5.91 Å². The maximum Gasteiger partial charge on any atom is 0.251 e. The van der Waals surface area contributed by atoms with Crippen molar-refractivity contribution in [3.05, 3.63) is 48.0 Å². The second-order valence-corrected chi connectivity index (χ2v) is 5.35. The molecule has 1 saturated carbocycles. The molecule has 96 valence electrons. The van der Waals surface area contributed by atoms with Crippen LogP contribution in [-0.4, -0.2) is 24.7 Å². The number of amides is 1. The summed E-state index contributed by atoms with van der Waals surface area (Å²) in [5, 5.41) is 5.63. The SMILES string of the molecule is O=C(N[C@@H]1C[C@H]1c1cccc2ccccc12)C1CO1. The van der Waals surface area contributed by atoms with Crippen LogP contribution < -0.4 is 5.32 Å². The van der Waals surface area contributed by atoms with Gasteiger partial charge in [0, 0.05) is 12.0 Å². The number of rotatable bonds is 3. The van der Waals surface area contributed by atoms with Crippen LogP contribution in [0.4, 0.5) is 0 Å². The van der Waals surface area contributed by atoms with Crippen LogP contribution in [0, 0.1) is 0 Å². The molecule has 1 amide bonds. The zero-order valence-corrected chi connectivity index (χ0v) is 10.5. The first-order chi connectivity index (χ1) is 9.33. The third-order valence-electron chi connectivity index (χ3n) is 3.97. The largest absolute Gasteiger partial charge is 0.363 e. The minimum atomic E-state index is -0.186. The molecule has 0 aromatic heterocycles. The Labute approximate surface area is 111 Å². The van der Waals surface area contributed by atoms with Gasteiger partial charge in [-0.25, -0.2) is 0 Å². The molecule has 4 rings (SSSR count). The van der Waals surface area contributed by atoms with E-state index in [0.717, 1.165) is 6.42 Å². The standard InChI is InChI=1S/C16H15NO2/c18-16(15-9-19-15)17-14-8-13(14)12-7-3-5-10-4-1-2-6-11(10)12/h1-7,13-15H,8-9H2,(H,17,18)/t13-,14+,15?/m0/s1. The second-order valence-electron chi connectivity index (χ2n) is 5.35. The molecule has 1 saturated heterocycles. The number of carbonyl (C=O) groups excluding carboxylic acids is 1. The molecule has 1 aliphatic heterocycles. The molecule has 1 N–H and O–H groups in total. The van der Waals surface area contributed by atoms with Crippen LogP contribution in [0.1, 0.15) is 17.9 Å². The zero-order chi connectivity index (χ0) is 12.8. The normalized spacial score (nSPS) is 28.1. The quantitative estimate of drug-likeness (QED) is 0.852. The van der Waals surface area contributed by atoms with Gasteiger partial charge in [-0.3, -0.25) is 4.79 Å². The van der Waals surface area contributed by atoms with E-state index in [0.29, 0.717) is 12.5 Å². The minimum Gasteiger partial charge on any atom is -0.363 e. The fraction of sp³-hybridized carbons (Fsp3) is 0.312. The number of ether oxygens (including phenoxy) is 1. The number of benzene rings is 2. The molecule has 0 spiro atoms. The highest BCUT2D eigenvalue weighted by molar-refractivity contribution is 5.87. The summed E-state index contributed by atoms with van der Waals surface area (Å²) in [6.07, 6.45) is 0.848. The van der Waals surface area contributed by atoms with Crippen molar-refractivity contribution in [3.63, 3.8) is 0 Å². The summed E-state index contributed by atoms with van der Waals surface area (Å²) in [7, 11) is 0. The molecule has 2 aliphatic rings. The molecule has 1 heterocycles. The van der Waals surface area contributed by atoms with Crippen LogP contribution in [0.3, 0.4) is 0 Å². The molecule has 3 heteroatoms. The molecule has 1 aliphatic carbocycles. The summed E-state index contributed by atoms with van der Waals surface area (Å²) in [5.74, 6) is 0.501. The van der Waals surface area contributed by atoms with E-state index in [2.05, 4.69) is 47.8 Å². The number of fused-ring (bicyclic) bond motifs is 1. The average molecular weight is 253 g/mol. The lowest BCUT2D eigenvalue weighted by atomic mass is 10.0. The Hall–Kier alpha value is -1.87. The lowest BCUT2D eigenvalue weighted by Crippen LogP contribution is -2.30. The van der Waals surface area contributed by atoms with Crippen LogP contribution in [0.2, 0.25) is 0 Å². The number of hydrogen-bond donors (Lipinski definition) is 1. The fourth-order valence-electron chi connectivity index (χ4n) is 2.75. The molecular weight excluding hydrogens is 238 g/mol. The van der Waals surface area contributed by atoms with Gasteiger partial charge in [0.15, 0.2) is 6.10 Å². The molecule has 1 unspecified atom stereocenters. The van der Waals surface area contributed by atoms with Gasteiger partial charge in [0.1, 0.15) is 0 Å². The van der Waals surface area contributed by atoms with Crippen molar-refractivity contribution >= 4 is 16.7 Å². The maximum atomic E-state index is 11.7. The van der Waals surface area contributed by atoms with Crippen molar-refractivity contribution in [2.45, 2.75) is 24.5 Å². The van der Waals surface area contributed by atoms with Crippen LogP contribution in [-0.2, 0) is 9.53 Å². The third-order valence-corrected chi connectivity index (χ3v) is 3.97. The number of carbonyl (C=O) groups is 1. The maximum absolute atomic E-state index is 11.7. The molecule has 19 heavy (non-hydrogen) atoms. The molecule has 0 bridgehead atoms. The van der Waals surface area contributed by atoms with Gasteiger partial charge in [-0.1, -0.05) is 42.5 Å². The van der Waals surface area contributed by atoms with Crippen molar-refractivity contribution in [1.82, 2.24) is 5.32 Å². The fourth-order valence-corrected chi connectivity index (χ4v) is 2.75. The summed E-state index contributed by atoms with van der Waals surface area (Å²) in [6, 6.07) is 15.1. The highest BCUT2D eigenvalue weighted by Gasteiger charge is 2.43. The smallest absolute Gasteiger partial charge is 0.251 e. The lowest BCUT2D eigenvalue weighted by Gasteiger charge is -2.06. The van der Waals surface area contributed by atoms with Crippen molar-refractivity contribution in [3.8, 4) is 0 Å². The van der Waals surface area contributed by atoms with E-state index in [-0.39, 0.29) is 18.1 Å². The molecule has 2 aromatic carbocycles. The van der Waals surface area contributed by atoms with Gasteiger partial charge in [0.2, 0.25) is 0 Å². The van der Waals surface area contributed by atoms with E-state index in [9.17, 15) is 4.79 Å². The summed E-state index contributed by atoms with van der Waals surface area (Å²) < 4.78 is 5.00. The topological polar surface area (TPSA) is 41.6 Å².